The molecule has 3 nitrogen and oxygen atoms in total. The minimum absolute atomic E-state index is 0.115. The highest BCUT2D eigenvalue weighted by Gasteiger charge is 2.33. The molecule has 0 aliphatic rings. The summed E-state index contributed by atoms with van der Waals surface area (Å²) >= 11 is 10.2. The molecule has 0 heterocycles. The zero-order valence-electron chi connectivity index (χ0n) is 12.0. The molecule has 0 saturated heterocycles. The fraction of sp³-hybridized carbons (Fsp3) is 0.0667. The van der Waals surface area contributed by atoms with Crippen LogP contribution in [0.3, 0.4) is 0 Å². The van der Waals surface area contributed by atoms with Gasteiger partial charge in [-0.05, 0) is 42.5 Å². The number of hydrogen-bond donors (Lipinski definition) is 2. The fourth-order valence-corrected chi connectivity index (χ4v) is 2.30. The van der Waals surface area contributed by atoms with E-state index in [0.717, 1.165) is 24.3 Å². The van der Waals surface area contributed by atoms with Crippen molar-refractivity contribution in [3.8, 4) is 0 Å². The molecule has 0 unspecified atom stereocenters. The van der Waals surface area contributed by atoms with Crippen molar-refractivity contribution in [1.29, 1.82) is 0 Å². The highest BCUT2D eigenvalue weighted by molar-refractivity contribution is 7.80. The van der Waals surface area contributed by atoms with Gasteiger partial charge in [0, 0.05) is 5.69 Å². The van der Waals surface area contributed by atoms with Crippen LogP contribution in [0, 0.1) is 11.6 Å². The van der Waals surface area contributed by atoms with Gasteiger partial charge >= 0.3 is 6.18 Å². The first-order chi connectivity index (χ1) is 11.6. The van der Waals surface area contributed by atoms with E-state index < -0.39 is 45.0 Å². The number of amides is 1. The normalized spacial score (nSPS) is 11.1. The summed E-state index contributed by atoms with van der Waals surface area (Å²) in [6.07, 6.45) is -4.68. The van der Waals surface area contributed by atoms with Crippen LogP contribution in [0.15, 0.2) is 36.4 Å². The predicted molar refractivity (Wildman–Crippen MR) is 86.5 cm³/mol. The summed E-state index contributed by atoms with van der Waals surface area (Å²) in [5.74, 6) is -3.39. The number of carbonyl (C=O) groups is 1. The molecule has 2 N–H and O–H groups in total. The second kappa shape index (κ2) is 7.32. The van der Waals surface area contributed by atoms with Gasteiger partial charge in [-0.2, -0.15) is 13.2 Å². The smallest absolute Gasteiger partial charge is 0.332 e. The molecule has 0 aliphatic heterocycles. The molecule has 132 valence electrons. The second-order valence-electron chi connectivity index (χ2n) is 4.70. The van der Waals surface area contributed by atoms with Crippen LogP contribution in [0.25, 0.3) is 0 Å². The Labute approximate surface area is 148 Å². The highest BCUT2D eigenvalue weighted by Crippen LogP contribution is 2.36. The van der Waals surface area contributed by atoms with Crippen LogP contribution in [0.5, 0.6) is 0 Å². The maximum atomic E-state index is 13.5. The summed E-state index contributed by atoms with van der Waals surface area (Å²) in [7, 11) is 0. The standard InChI is InChI=1S/C15H8ClF5N2OS/c16-9-5-4-7(6-8(9)15(19,20)21)22-14(25)23-13(24)12-10(17)2-1-3-11(12)18/h1-6H,(H2,22,23,24,25). The lowest BCUT2D eigenvalue weighted by molar-refractivity contribution is -0.137. The number of carbonyl (C=O) groups excluding carboxylic acids is 1. The van der Waals surface area contributed by atoms with Gasteiger partial charge < -0.3 is 5.32 Å². The van der Waals surface area contributed by atoms with E-state index in [0.29, 0.717) is 6.07 Å². The zero-order valence-corrected chi connectivity index (χ0v) is 13.6. The molecule has 0 aliphatic carbocycles. The Bertz CT molecular complexity index is 821. The van der Waals surface area contributed by atoms with Crippen molar-refractivity contribution in [2.45, 2.75) is 6.18 Å². The van der Waals surface area contributed by atoms with E-state index in [-0.39, 0.29) is 5.69 Å². The maximum absolute atomic E-state index is 13.5. The van der Waals surface area contributed by atoms with Gasteiger partial charge in [0.25, 0.3) is 5.91 Å². The van der Waals surface area contributed by atoms with Gasteiger partial charge in [0.2, 0.25) is 0 Å². The molecule has 2 aromatic rings. The van der Waals surface area contributed by atoms with Gasteiger partial charge in [-0.1, -0.05) is 17.7 Å². The van der Waals surface area contributed by atoms with Gasteiger partial charge in [-0.25, -0.2) is 8.78 Å². The maximum Gasteiger partial charge on any atom is 0.417 e. The van der Waals surface area contributed by atoms with Crippen molar-refractivity contribution < 1.29 is 26.7 Å². The molecule has 0 fully saturated rings. The Morgan fingerprint density at radius 1 is 1.08 bits per heavy atom. The van der Waals surface area contributed by atoms with E-state index in [1.807, 2.05) is 5.32 Å². The first kappa shape index (κ1) is 19.1. The first-order valence-corrected chi connectivity index (χ1v) is 7.31. The Morgan fingerprint density at radius 3 is 2.24 bits per heavy atom. The van der Waals surface area contributed by atoms with E-state index in [1.54, 1.807) is 0 Å². The van der Waals surface area contributed by atoms with E-state index in [1.165, 1.54) is 6.07 Å². The minimum atomic E-state index is -4.68. The lowest BCUT2D eigenvalue weighted by Gasteiger charge is -2.13. The lowest BCUT2D eigenvalue weighted by Crippen LogP contribution is -2.35. The van der Waals surface area contributed by atoms with Crippen LogP contribution < -0.4 is 10.6 Å². The fourth-order valence-electron chi connectivity index (χ4n) is 1.86. The molecule has 0 saturated carbocycles. The molecule has 25 heavy (non-hydrogen) atoms. The topological polar surface area (TPSA) is 41.1 Å². The number of halogens is 6. The third kappa shape index (κ3) is 4.64. The molecule has 0 aromatic heterocycles. The number of benzene rings is 2. The van der Waals surface area contributed by atoms with Crippen LogP contribution in [0.4, 0.5) is 27.6 Å². The van der Waals surface area contributed by atoms with E-state index in [2.05, 4.69) is 5.32 Å². The molecule has 2 rings (SSSR count). The van der Waals surface area contributed by atoms with Crippen molar-refractivity contribution in [1.82, 2.24) is 5.32 Å². The number of rotatable bonds is 2. The van der Waals surface area contributed by atoms with Crippen molar-refractivity contribution in [3.05, 3.63) is 64.2 Å². The Balaban J connectivity index is 2.14. The minimum Gasteiger partial charge on any atom is -0.332 e. The summed E-state index contributed by atoms with van der Waals surface area (Å²) in [5.41, 5.74) is -2.08. The Morgan fingerprint density at radius 2 is 1.68 bits per heavy atom. The van der Waals surface area contributed by atoms with Crippen molar-refractivity contribution in [2.75, 3.05) is 5.32 Å². The predicted octanol–water partition coefficient (Wildman–Crippen LogP) is 4.76. The zero-order chi connectivity index (χ0) is 18.8. The molecule has 0 bridgehead atoms. The summed E-state index contributed by atoms with van der Waals surface area (Å²) < 4.78 is 65.4. The third-order valence-electron chi connectivity index (χ3n) is 2.95. The molecule has 1 amide bonds. The molecule has 2 aromatic carbocycles. The van der Waals surface area contributed by atoms with Crippen molar-refractivity contribution in [3.63, 3.8) is 0 Å². The number of anilines is 1. The van der Waals surface area contributed by atoms with Crippen LogP contribution in [0.1, 0.15) is 15.9 Å². The SMILES string of the molecule is O=C(NC(=S)Nc1ccc(Cl)c(C(F)(F)F)c1)c1c(F)cccc1F. The number of hydrogen-bond acceptors (Lipinski definition) is 2. The number of alkyl halides is 3. The van der Waals surface area contributed by atoms with Crippen molar-refractivity contribution >= 4 is 40.5 Å². The third-order valence-corrected chi connectivity index (χ3v) is 3.48. The van der Waals surface area contributed by atoms with Crippen molar-refractivity contribution in [2.24, 2.45) is 0 Å². The van der Waals surface area contributed by atoms with E-state index in [4.69, 9.17) is 23.8 Å². The average Bonchev–Trinajstić information content (AvgIpc) is 2.47. The molecular weight excluding hydrogens is 387 g/mol. The average molecular weight is 395 g/mol. The molecule has 0 spiro atoms. The number of nitrogens with one attached hydrogen (secondary N) is 2. The van der Waals surface area contributed by atoms with E-state index in [9.17, 15) is 26.7 Å². The van der Waals surface area contributed by atoms with E-state index >= 15 is 0 Å². The monoisotopic (exact) mass is 394 g/mol. The largest absolute Gasteiger partial charge is 0.417 e. The van der Waals surface area contributed by atoms with Gasteiger partial charge in [-0.3, -0.25) is 10.1 Å². The van der Waals surface area contributed by atoms with Crippen LogP contribution >= 0.6 is 23.8 Å². The first-order valence-electron chi connectivity index (χ1n) is 6.52. The summed E-state index contributed by atoms with van der Waals surface area (Å²) in [6, 6.07) is 5.70. The Hall–Kier alpha value is -2.26. The van der Waals surface area contributed by atoms with Gasteiger partial charge in [-0.15, -0.1) is 0 Å². The second-order valence-corrected chi connectivity index (χ2v) is 5.51. The number of thiocarbonyl (C=S) groups is 1. The summed E-state index contributed by atoms with van der Waals surface area (Å²) in [6.45, 7) is 0. The Kier molecular flexibility index (Phi) is 5.58. The molecule has 0 atom stereocenters. The van der Waals surface area contributed by atoms with Crippen LogP contribution in [-0.2, 0) is 6.18 Å². The highest BCUT2D eigenvalue weighted by atomic mass is 35.5. The molecule has 0 radical (unpaired) electrons. The summed E-state index contributed by atoms with van der Waals surface area (Å²) in [5, 5.41) is 3.35. The van der Waals surface area contributed by atoms with Crippen LogP contribution in [-0.4, -0.2) is 11.0 Å². The lowest BCUT2D eigenvalue weighted by atomic mass is 10.2. The van der Waals surface area contributed by atoms with Crippen LogP contribution in [0.2, 0.25) is 5.02 Å². The molecule has 10 heteroatoms. The molecular formula is C15H8ClF5N2OS. The summed E-state index contributed by atoms with van der Waals surface area (Å²) in [4.78, 5) is 11.8. The van der Waals surface area contributed by atoms with Gasteiger partial charge in [0.05, 0.1) is 10.6 Å². The van der Waals surface area contributed by atoms with Gasteiger partial charge in [0.1, 0.15) is 17.2 Å². The quantitative estimate of drug-likeness (QED) is 0.570. The van der Waals surface area contributed by atoms with Gasteiger partial charge in [0.15, 0.2) is 5.11 Å².